The fraction of sp³-hybridized carbons (Fsp3) is 0.556. The van der Waals surface area contributed by atoms with Gasteiger partial charge in [0.1, 0.15) is 0 Å². The highest BCUT2D eigenvalue weighted by atomic mass is 32.1. The first-order valence-electron chi connectivity index (χ1n) is 4.51. The Morgan fingerprint density at radius 1 is 1.71 bits per heavy atom. The van der Waals surface area contributed by atoms with E-state index in [0.717, 1.165) is 10.8 Å². The number of nitrogens with one attached hydrogen (secondary N) is 1. The van der Waals surface area contributed by atoms with Crippen molar-refractivity contribution < 1.29 is 0 Å². The summed E-state index contributed by atoms with van der Waals surface area (Å²) in [5.74, 6) is 0.161. The average molecular weight is 212 g/mol. The zero-order valence-corrected chi connectivity index (χ0v) is 9.56. The van der Waals surface area contributed by atoms with Crippen LogP contribution in [0, 0.1) is 5.41 Å². The lowest BCUT2D eigenvalue weighted by Crippen LogP contribution is -2.25. The monoisotopic (exact) mass is 212 g/mol. The first-order chi connectivity index (χ1) is 6.50. The van der Waals surface area contributed by atoms with Gasteiger partial charge in [0.2, 0.25) is 0 Å². The molecule has 0 unspecified atom stereocenters. The molecule has 0 amide bonds. The molecule has 1 rings (SSSR count). The summed E-state index contributed by atoms with van der Waals surface area (Å²) in [5, 5.41) is 10.1. The van der Waals surface area contributed by atoms with E-state index in [4.69, 9.17) is 11.1 Å². The Hall–Kier alpha value is -1.10. The maximum Gasteiger partial charge on any atom is 0.185 e. The Morgan fingerprint density at radius 3 is 2.86 bits per heavy atom. The number of hydrogen-bond acceptors (Lipinski definition) is 4. The molecule has 1 aromatic rings. The topological polar surface area (TPSA) is 66.0 Å². The number of hydrogen-bond donors (Lipinski definition) is 2. The highest BCUT2D eigenvalue weighted by molar-refractivity contribution is 7.13. The number of nitrogens with zero attached hydrogens (tertiary/aromatic N) is 2. The van der Waals surface area contributed by atoms with Gasteiger partial charge < -0.3 is 10.6 Å². The summed E-state index contributed by atoms with van der Waals surface area (Å²) in [6.07, 6.45) is 0.447. The van der Waals surface area contributed by atoms with Crippen LogP contribution in [-0.4, -0.2) is 23.9 Å². The smallest absolute Gasteiger partial charge is 0.185 e. The molecular formula is C9H16N4S. The molecule has 3 N–H and O–H groups in total. The van der Waals surface area contributed by atoms with Crippen LogP contribution in [0.2, 0.25) is 0 Å². The van der Waals surface area contributed by atoms with Crippen LogP contribution in [0.3, 0.4) is 0 Å². The summed E-state index contributed by atoms with van der Waals surface area (Å²) >= 11 is 1.59. The molecule has 1 heterocycles. The third-order valence-corrected chi connectivity index (χ3v) is 2.97. The van der Waals surface area contributed by atoms with E-state index in [1.165, 1.54) is 0 Å². The van der Waals surface area contributed by atoms with E-state index in [9.17, 15) is 0 Å². The second-order valence-electron chi connectivity index (χ2n) is 3.53. The van der Waals surface area contributed by atoms with Crippen LogP contribution < -0.4 is 10.6 Å². The van der Waals surface area contributed by atoms with Gasteiger partial charge in [0.05, 0.1) is 11.5 Å². The van der Waals surface area contributed by atoms with Gasteiger partial charge in [0.25, 0.3) is 0 Å². The number of rotatable bonds is 4. The van der Waals surface area contributed by atoms with Gasteiger partial charge in [-0.2, -0.15) is 0 Å². The number of amidine groups is 1. The van der Waals surface area contributed by atoms with Gasteiger partial charge in [-0.05, 0) is 13.8 Å². The van der Waals surface area contributed by atoms with Crippen LogP contribution in [0.5, 0.6) is 0 Å². The third kappa shape index (κ3) is 2.70. The molecule has 4 nitrogen and oxygen atoms in total. The molecule has 0 radical (unpaired) electrons. The van der Waals surface area contributed by atoms with E-state index in [-0.39, 0.29) is 5.84 Å². The predicted octanol–water partition coefficient (Wildman–Crippen LogP) is 1.47. The van der Waals surface area contributed by atoms with Crippen molar-refractivity contribution in [2.75, 3.05) is 11.9 Å². The normalized spacial score (nSPS) is 10.6. The van der Waals surface area contributed by atoms with Gasteiger partial charge >= 0.3 is 0 Å². The molecule has 0 aromatic carbocycles. The second-order valence-corrected chi connectivity index (χ2v) is 4.36. The van der Waals surface area contributed by atoms with Crippen molar-refractivity contribution in [1.29, 1.82) is 5.41 Å². The van der Waals surface area contributed by atoms with Gasteiger partial charge in [-0.25, -0.2) is 4.98 Å². The van der Waals surface area contributed by atoms with Crippen LogP contribution >= 0.6 is 11.3 Å². The fourth-order valence-electron chi connectivity index (χ4n) is 0.955. The van der Waals surface area contributed by atoms with E-state index in [2.05, 4.69) is 23.7 Å². The Balaban J connectivity index is 2.72. The lowest BCUT2D eigenvalue weighted by atomic mass is 10.3. The van der Waals surface area contributed by atoms with Gasteiger partial charge in [-0.3, -0.25) is 5.41 Å². The molecular weight excluding hydrogens is 196 g/mol. The quantitative estimate of drug-likeness (QED) is 0.586. The van der Waals surface area contributed by atoms with Crippen molar-refractivity contribution in [3.05, 3.63) is 11.1 Å². The molecule has 0 aliphatic rings. The van der Waals surface area contributed by atoms with Crippen molar-refractivity contribution in [3.63, 3.8) is 0 Å². The summed E-state index contributed by atoms with van der Waals surface area (Å²) in [7, 11) is 2.01. The fourth-order valence-corrected chi connectivity index (χ4v) is 1.88. The lowest BCUT2D eigenvalue weighted by molar-refractivity contribution is 0.750. The van der Waals surface area contributed by atoms with E-state index in [1.807, 2.05) is 12.4 Å². The standard InChI is InChI=1S/C9H16N4S/c1-6(2)13(3)9-12-7(5-14-9)4-8(10)11/h5-6H,4H2,1-3H3,(H3,10,11). The highest BCUT2D eigenvalue weighted by Crippen LogP contribution is 2.20. The molecule has 5 heteroatoms. The highest BCUT2D eigenvalue weighted by Gasteiger charge is 2.09. The summed E-state index contributed by atoms with van der Waals surface area (Å²) in [4.78, 5) is 6.50. The van der Waals surface area contributed by atoms with Crippen LogP contribution in [0.25, 0.3) is 0 Å². The molecule has 0 bridgehead atoms. The lowest BCUT2D eigenvalue weighted by Gasteiger charge is -2.19. The molecule has 1 aromatic heterocycles. The van der Waals surface area contributed by atoms with Crippen molar-refractivity contribution >= 4 is 22.3 Å². The summed E-state index contributed by atoms with van der Waals surface area (Å²) < 4.78 is 0. The Morgan fingerprint density at radius 2 is 2.36 bits per heavy atom. The minimum absolute atomic E-state index is 0.161. The molecule has 14 heavy (non-hydrogen) atoms. The zero-order chi connectivity index (χ0) is 10.7. The second kappa shape index (κ2) is 4.41. The average Bonchev–Trinajstić information content (AvgIpc) is 2.50. The van der Waals surface area contributed by atoms with Gasteiger partial charge in [-0.1, -0.05) is 0 Å². The maximum absolute atomic E-state index is 7.16. The number of nitrogens with two attached hydrogens (primary N) is 1. The number of aromatic nitrogens is 1. The molecule has 0 spiro atoms. The molecule has 0 aliphatic heterocycles. The van der Waals surface area contributed by atoms with E-state index in [1.54, 1.807) is 11.3 Å². The minimum Gasteiger partial charge on any atom is -0.387 e. The zero-order valence-electron chi connectivity index (χ0n) is 8.74. The Bertz CT molecular complexity index is 318. The van der Waals surface area contributed by atoms with Crippen molar-refractivity contribution in [2.45, 2.75) is 26.3 Å². The van der Waals surface area contributed by atoms with Crippen LogP contribution in [0.4, 0.5) is 5.13 Å². The molecule has 0 fully saturated rings. The van der Waals surface area contributed by atoms with E-state index < -0.39 is 0 Å². The summed E-state index contributed by atoms with van der Waals surface area (Å²) in [6, 6.07) is 0.436. The number of anilines is 1. The predicted molar refractivity (Wildman–Crippen MR) is 61.3 cm³/mol. The van der Waals surface area contributed by atoms with Crippen LogP contribution in [-0.2, 0) is 6.42 Å². The summed E-state index contributed by atoms with van der Waals surface area (Å²) in [5.41, 5.74) is 6.18. The molecule has 0 saturated carbocycles. The Labute approximate surface area is 88.3 Å². The Kier molecular flexibility index (Phi) is 3.46. The molecule has 0 atom stereocenters. The molecule has 78 valence electrons. The van der Waals surface area contributed by atoms with Gasteiger partial charge in [-0.15, -0.1) is 11.3 Å². The van der Waals surface area contributed by atoms with Gasteiger partial charge in [0.15, 0.2) is 5.13 Å². The van der Waals surface area contributed by atoms with Crippen molar-refractivity contribution in [3.8, 4) is 0 Å². The summed E-state index contributed by atoms with van der Waals surface area (Å²) in [6.45, 7) is 4.23. The van der Waals surface area contributed by atoms with Crippen LogP contribution in [0.1, 0.15) is 19.5 Å². The minimum atomic E-state index is 0.161. The van der Waals surface area contributed by atoms with Crippen molar-refractivity contribution in [1.82, 2.24) is 4.98 Å². The van der Waals surface area contributed by atoms with Crippen molar-refractivity contribution in [2.24, 2.45) is 5.73 Å². The van der Waals surface area contributed by atoms with Gasteiger partial charge in [0, 0.05) is 24.9 Å². The van der Waals surface area contributed by atoms with Crippen LogP contribution in [0.15, 0.2) is 5.38 Å². The molecule has 0 saturated heterocycles. The first kappa shape index (κ1) is 11.0. The number of thiazole rings is 1. The largest absolute Gasteiger partial charge is 0.387 e. The molecule has 0 aliphatic carbocycles. The third-order valence-electron chi connectivity index (χ3n) is 1.99. The van der Waals surface area contributed by atoms with E-state index >= 15 is 0 Å². The maximum atomic E-state index is 7.16. The SMILES string of the molecule is CC(C)N(C)c1nc(CC(=N)N)cs1. The first-order valence-corrected chi connectivity index (χ1v) is 5.38. The van der Waals surface area contributed by atoms with E-state index in [0.29, 0.717) is 12.5 Å².